The normalized spacial score (nSPS) is 10.7. The maximum atomic E-state index is 5.86. The zero-order valence-electron chi connectivity index (χ0n) is 12.3. The molecule has 0 aliphatic rings. The molecule has 0 spiro atoms. The minimum Gasteiger partial charge on any atom is -0.385 e. The number of hydrogen-bond acceptors (Lipinski definition) is 4. The molecule has 108 valence electrons. The summed E-state index contributed by atoms with van der Waals surface area (Å²) in [6.45, 7) is 5.96. The van der Waals surface area contributed by atoms with Crippen LogP contribution >= 0.6 is 0 Å². The van der Waals surface area contributed by atoms with Gasteiger partial charge in [0.15, 0.2) is 0 Å². The minimum absolute atomic E-state index is 0.560. The Kier molecular flexibility index (Phi) is 7.48. The van der Waals surface area contributed by atoms with Crippen LogP contribution in [0.1, 0.15) is 17.5 Å². The van der Waals surface area contributed by atoms with Crippen LogP contribution in [-0.2, 0) is 16.0 Å². The number of methoxy groups -OCH3 is 2. The molecule has 0 amide bonds. The molecular weight excluding hydrogens is 240 g/mol. The average molecular weight is 266 g/mol. The molecule has 0 aliphatic carbocycles. The van der Waals surface area contributed by atoms with Crippen molar-refractivity contribution in [3.05, 3.63) is 29.3 Å². The first-order valence-electron chi connectivity index (χ1n) is 6.75. The van der Waals surface area contributed by atoms with Gasteiger partial charge in [-0.05, 0) is 25.0 Å². The summed E-state index contributed by atoms with van der Waals surface area (Å²) in [7, 11) is 3.46. The lowest BCUT2D eigenvalue weighted by Gasteiger charge is -2.27. The molecule has 0 atom stereocenters. The van der Waals surface area contributed by atoms with Gasteiger partial charge in [-0.3, -0.25) is 0 Å². The van der Waals surface area contributed by atoms with Crippen molar-refractivity contribution in [2.24, 2.45) is 5.73 Å². The van der Waals surface area contributed by atoms with Gasteiger partial charge in [-0.1, -0.05) is 17.7 Å². The summed E-state index contributed by atoms with van der Waals surface area (Å²) in [6.07, 6.45) is 0.998. The van der Waals surface area contributed by atoms with Gasteiger partial charge in [0.1, 0.15) is 0 Å². The highest BCUT2D eigenvalue weighted by molar-refractivity contribution is 5.55. The van der Waals surface area contributed by atoms with Crippen molar-refractivity contribution >= 4 is 5.69 Å². The third-order valence-electron chi connectivity index (χ3n) is 3.14. The van der Waals surface area contributed by atoms with Crippen molar-refractivity contribution < 1.29 is 9.47 Å². The summed E-state index contributed by atoms with van der Waals surface area (Å²) in [5.74, 6) is 0. The highest BCUT2D eigenvalue weighted by Gasteiger charge is 2.10. The van der Waals surface area contributed by atoms with Crippen LogP contribution in [0.4, 0.5) is 5.69 Å². The summed E-state index contributed by atoms with van der Waals surface area (Å²) < 4.78 is 10.3. The van der Waals surface area contributed by atoms with E-state index in [2.05, 4.69) is 30.0 Å². The number of rotatable bonds is 9. The molecule has 0 fully saturated rings. The maximum Gasteiger partial charge on any atom is 0.0637 e. The van der Waals surface area contributed by atoms with E-state index in [1.807, 2.05) is 0 Å². The van der Waals surface area contributed by atoms with Gasteiger partial charge < -0.3 is 20.1 Å². The molecular formula is C15H26N2O2. The number of benzene rings is 1. The highest BCUT2D eigenvalue weighted by atomic mass is 16.5. The van der Waals surface area contributed by atoms with Crippen molar-refractivity contribution in [2.45, 2.75) is 19.9 Å². The molecule has 1 aromatic rings. The Morgan fingerprint density at radius 3 is 2.47 bits per heavy atom. The molecule has 0 radical (unpaired) electrons. The quantitative estimate of drug-likeness (QED) is 0.694. The molecule has 0 aliphatic heterocycles. The second-order valence-electron chi connectivity index (χ2n) is 4.66. The summed E-state index contributed by atoms with van der Waals surface area (Å²) in [4.78, 5) is 2.32. The fourth-order valence-electron chi connectivity index (χ4n) is 2.14. The monoisotopic (exact) mass is 266 g/mol. The van der Waals surface area contributed by atoms with Crippen LogP contribution < -0.4 is 10.6 Å². The fourth-order valence-corrected chi connectivity index (χ4v) is 2.14. The number of ether oxygens (including phenoxy) is 2. The Balaban J connectivity index is 2.82. The molecule has 1 aromatic carbocycles. The summed E-state index contributed by atoms with van der Waals surface area (Å²) >= 11 is 0. The standard InChI is InChI=1S/C15H26N2O2/c1-13-5-6-15(14(11-13)12-16)17(8-10-19-3)7-4-9-18-2/h5-6,11H,4,7-10,12,16H2,1-3H3. The van der Waals surface area contributed by atoms with E-state index in [1.165, 1.54) is 16.8 Å². The van der Waals surface area contributed by atoms with Gasteiger partial charge in [-0.2, -0.15) is 0 Å². The predicted molar refractivity (Wildman–Crippen MR) is 79.7 cm³/mol. The zero-order valence-corrected chi connectivity index (χ0v) is 12.3. The number of anilines is 1. The van der Waals surface area contributed by atoms with Gasteiger partial charge in [0, 0.05) is 46.1 Å². The number of hydrogen-bond donors (Lipinski definition) is 1. The van der Waals surface area contributed by atoms with Gasteiger partial charge >= 0.3 is 0 Å². The van der Waals surface area contributed by atoms with Crippen LogP contribution in [-0.4, -0.2) is 40.5 Å². The SMILES string of the molecule is COCCCN(CCOC)c1ccc(C)cc1CN. The summed E-state index contributed by atoms with van der Waals surface area (Å²) in [5.41, 5.74) is 9.50. The molecule has 0 saturated heterocycles. The van der Waals surface area contributed by atoms with Crippen molar-refractivity contribution in [1.29, 1.82) is 0 Å². The van der Waals surface area contributed by atoms with Crippen LogP contribution in [0.2, 0.25) is 0 Å². The Morgan fingerprint density at radius 1 is 1.11 bits per heavy atom. The maximum absolute atomic E-state index is 5.86. The van der Waals surface area contributed by atoms with Crippen LogP contribution in [0.15, 0.2) is 18.2 Å². The molecule has 1 rings (SSSR count). The third kappa shape index (κ3) is 5.19. The van der Waals surface area contributed by atoms with Gasteiger partial charge in [0.25, 0.3) is 0 Å². The van der Waals surface area contributed by atoms with Crippen molar-refractivity contribution in [1.82, 2.24) is 0 Å². The van der Waals surface area contributed by atoms with Crippen LogP contribution in [0.5, 0.6) is 0 Å². The Labute approximate surface area is 116 Å². The van der Waals surface area contributed by atoms with Crippen LogP contribution in [0.3, 0.4) is 0 Å². The average Bonchev–Trinajstić information content (AvgIpc) is 2.43. The van der Waals surface area contributed by atoms with Gasteiger partial charge in [0.2, 0.25) is 0 Å². The largest absolute Gasteiger partial charge is 0.385 e. The van der Waals surface area contributed by atoms with Gasteiger partial charge in [0.05, 0.1) is 6.61 Å². The zero-order chi connectivity index (χ0) is 14.1. The minimum atomic E-state index is 0.560. The molecule has 0 aromatic heterocycles. The molecule has 19 heavy (non-hydrogen) atoms. The van der Waals surface area contributed by atoms with E-state index in [0.29, 0.717) is 13.2 Å². The molecule has 0 unspecified atom stereocenters. The Morgan fingerprint density at radius 2 is 1.84 bits per heavy atom. The van der Waals surface area contributed by atoms with E-state index in [4.69, 9.17) is 15.2 Å². The first-order valence-corrected chi connectivity index (χ1v) is 6.75. The van der Waals surface area contributed by atoms with E-state index in [1.54, 1.807) is 14.2 Å². The fraction of sp³-hybridized carbons (Fsp3) is 0.600. The second-order valence-corrected chi connectivity index (χ2v) is 4.66. The smallest absolute Gasteiger partial charge is 0.0637 e. The Bertz CT molecular complexity index is 369. The lowest BCUT2D eigenvalue weighted by atomic mass is 10.1. The van der Waals surface area contributed by atoms with E-state index in [0.717, 1.165) is 26.1 Å². The van der Waals surface area contributed by atoms with Crippen LogP contribution in [0, 0.1) is 6.92 Å². The molecule has 0 bridgehead atoms. The number of nitrogens with zero attached hydrogens (tertiary/aromatic N) is 1. The molecule has 2 N–H and O–H groups in total. The first kappa shape index (κ1) is 16.0. The second kappa shape index (κ2) is 8.91. The van der Waals surface area contributed by atoms with E-state index in [-0.39, 0.29) is 0 Å². The molecule has 0 heterocycles. The van der Waals surface area contributed by atoms with Crippen molar-refractivity contribution in [3.63, 3.8) is 0 Å². The van der Waals surface area contributed by atoms with Gasteiger partial charge in [-0.15, -0.1) is 0 Å². The van der Waals surface area contributed by atoms with Gasteiger partial charge in [-0.25, -0.2) is 0 Å². The predicted octanol–water partition coefficient (Wildman–Crippen LogP) is 1.94. The van der Waals surface area contributed by atoms with E-state index in [9.17, 15) is 0 Å². The lowest BCUT2D eigenvalue weighted by Crippen LogP contribution is -2.30. The van der Waals surface area contributed by atoms with E-state index >= 15 is 0 Å². The van der Waals surface area contributed by atoms with E-state index < -0.39 is 0 Å². The molecule has 0 saturated carbocycles. The molecule has 4 nitrogen and oxygen atoms in total. The number of aryl methyl sites for hydroxylation is 1. The highest BCUT2D eigenvalue weighted by Crippen LogP contribution is 2.22. The third-order valence-corrected chi connectivity index (χ3v) is 3.14. The first-order chi connectivity index (χ1) is 9.22. The van der Waals surface area contributed by atoms with Crippen LogP contribution in [0.25, 0.3) is 0 Å². The van der Waals surface area contributed by atoms with Crippen molar-refractivity contribution in [2.75, 3.05) is 45.4 Å². The Hall–Kier alpha value is -1.10. The van der Waals surface area contributed by atoms with Crippen molar-refractivity contribution in [3.8, 4) is 0 Å². The summed E-state index contributed by atoms with van der Waals surface area (Å²) in [6, 6.07) is 6.44. The topological polar surface area (TPSA) is 47.7 Å². The lowest BCUT2D eigenvalue weighted by molar-refractivity contribution is 0.191. The summed E-state index contributed by atoms with van der Waals surface area (Å²) in [5, 5.41) is 0. The number of nitrogens with two attached hydrogens (primary N) is 1. The molecule has 4 heteroatoms.